The first-order valence-corrected chi connectivity index (χ1v) is 6.53. The molecule has 0 aliphatic carbocycles. The number of aliphatic hydroxyl groups excluding tert-OH is 1. The van der Waals surface area contributed by atoms with Crippen LogP contribution in [0.3, 0.4) is 0 Å². The molecule has 0 fully saturated rings. The molecule has 0 bridgehead atoms. The van der Waals surface area contributed by atoms with E-state index in [1.165, 1.54) is 6.07 Å². The molecule has 0 radical (unpaired) electrons. The van der Waals surface area contributed by atoms with Crippen LogP contribution >= 0.6 is 0 Å². The summed E-state index contributed by atoms with van der Waals surface area (Å²) in [4.78, 5) is 0. The lowest BCUT2D eigenvalue weighted by atomic mass is 9.92. The fourth-order valence-electron chi connectivity index (χ4n) is 2.09. The van der Waals surface area contributed by atoms with Crippen molar-refractivity contribution in [2.45, 2.75) is 52.8 Å². The zero-order valence-electron chi connectivity index (χ0n) is 11.9. The lowest BCUT2D eigenvalue weighted by Gasteiger charge is -2.30. The predicted molar refractivity (Wildman–Crippen MR) is 73.0 cm³/mol. The molecule has 0 heterocycles. The van der Waals surface area contributed by atoms with Crippen molar-refractivity contribution >= 4 is 0 Å². The third-order valence-corrected chi connectivity index (χ3v) is 3.11. The van der Waals surface area contributed by atoms with Crippen molar-refractivity contribution in [2.75, 3.05) is 0 Å². The number of halogens is 1. The number of nitrogens with one attached hydrogen (secondary N) is 1. The van der Waals surface area contributed by atoms with Crippen molar-refractivity contribution in [1.29, 1.82) is 0 Å². The third-order valence-electron chi connectivity index (χ3n) is 3.11. The van der Waals surface area contributed by atoms with Gasteiger partial charge < -0.3 is 10.4 Å². The van der Waals surface area contributed by atoms with Gasteiger partial charge >= 0.3 is 0 Å². The van der Waals surface area contributed by atoms with Crippen molar-refractivity contribution in [1.82, 2.24) is 5.32 Å². The van der Waals surface area contributed by atoms with Crippen molar-refractivity contribution in [3.63, 3.8) is 0 Å². The molecule has 0 aromatic heterocycles. The molecular formula is C15H24FNO. The standard InChI is InChI=1S/C15H24FNO/c1-9(2)14(17-10(3)4)15(18)12-6-7-13(16)11(5)8-12/h6-10,14-15,17-18H,1-5H3. The second kappa shape index (κ2) is 6.30. The molecule has 0 aliphatic heterocycles. The number of rotatable bonds is 5. The summed E-state index contributed by atoms with van der Waals surface area (Å²) in [5.41, 5.74) is 1.33. The predicted octanol–water partition coefficient (Wildman–Crippen LogP) is 3.19. The van der Waals surface area contributed by atoms with Gasteiger partial charge in [-0.2, -0.15) is 0 Å². The molecule has 0 saturated carbocycles. The molecule has 2 nitrogen and oxygen atoms in total. The van der Waals surface area contributed by atoms with Gasteiger partial charge in [0.25, 0.3) is 0 Å². The summed E-state index contributed by atoms with van der Waals surface area (Å²) in [5.74, 6) is 0.0663. The molecule has 1 aromatic rings. The normalized spacial score (nSPS) is 15.2. The molecule has 102 valence electrons. The van der Waals surface area contributed by atoms with Crippen molar-refractivity contribution in [3.8, 4) is 0 Å². The van der Waals surface area contributed by atoms with Crippen LogP contribution in [0.1, 0.15) is 44.9 Å². The summed E-state index contributed by atoms with van der Waals surface area (Å²) >= 11 is 0. The maximum absolute atomic E-state index is 13.2. The van der Waals surface area contributed by atoms with Gasteiger partial charge in [-0.15, -0.1) is 0 Å². The van der Waals surface area contributed by atoms with Crippen LogP contribution in [0.2, 0.25) is 0 Å². The molecule has 0 saturated heterocycles. The smallest absolute Gasteiger partial charge is 0.126 e. The van der Waals surface area contributed by atoms with E-state index in [9.17, 15) is 9.50 Å². The van der Waals surface area contributed by atoms with E-state index in [0.29, 0.717) is 17.5 Å². The fourth-order valence-corrected chi connectivity index (χ4v) is 2.09. The Morgan fingerprint density at radius 1 is 1.17 bits per heavy atom. The monoisotopic (exact) mass is 253 g/mol. The number of aliphatic hydroxyl groups is 1. The highest BCUT2D eigenvalue weighted by molar-refractivity contribution is 5.26. The van der Waals surface area contributed by atoms with E-state index < -0.39 is 6.10 Å². The van der Waals surface area contributed by atoms with Crippen LogP contribution in [0, 0.1) is 18.7 Å². The number of hydrogen-bond acceptors (Lipinski definition) is 2. The topological polar surface area (TPSA) is 32.3 Å². The Bertz CT molecular complexity index is 390. The van der Waals surface area contributed by atoms with Gasteiger partial charge in [-0.3, -0.25) is 0 Å². The van der Waals surface area contributed by atoms with Gasteiger partial charge in [-0.25, -0.2) is 4.39 Å². The van der Waals surface area contributed by atoms with Crippen LogP contribution in [-0.2, 0) is 0 Å². The second-order valence-electron chi connectivity index (χ2n) is 5.54. The first kappa shape index (κ1) is 15.1. The van der Waals surface area contributed by atoms with Crippen LogP contribution in [-0.4, -0.2) is 17.2 Å². The highest BCUT2D eigenvalue weighted by Gasteiger charge is 2.24. The van der Waals surface area contributed by atoms with E-state index in [0.717, 1.165) is 5.56 Å². The first-order valence-electron chi connectivity index (χ1n) is 6.53. The molecule has 1 rings (SSSR count). The minimum atomic E-state index is -0.619. The van der Waals surface area contributed by atoms with E-state index in [1.54, 1.807) is 19.1 Å². The van der Waals surface area contributed by atoms with E-state index in [1.807, 2.05) is 0 Å². The van der Waals surface area contributed by atoms with Crippen molar-refractivity contribution < 1.29 is 9.50 Å². The fraction of sp³-hybridized carbons (Fsp3) is 0.600. The van der Waals surface area contributed by atoms with Crippen molar-refractivity contribution in [3.05, 3.63) is 35.1 Å². The minimum absolute atomic E-state index is 0.0325. The number of benzene rings is 1. The van der Waals surface area contributed by atoms with Crippen LogP contribution < -0.4 is 5.32 Å². The second-order valence-corrected chi connectivity index (χ2v) is 5.54. The summed E-state index contributed by atoms with van der Waals surface area (Å²) in [6.45, 7) is 9.96. The summed E-state index contributed by atoms with van der Waals surface area (Å²) < 4.78 is 13.2. The molecule has 0 spiro atoms. The molecule has 18 heavy (non-hydrogen) atoms. The molecule has 2 unspecified atom stereocenters. The molecule has 3 heteroatoms. The van der Waals surface area contributed by atoms with Gasteiger partial charge in [0.05, 0.1) is 6.10 Å². The highest BCUT2D eigenvalue weighted by Crippen LogP contribution is 2.24. The Kier molecular flexibility index (Phi) is 5.29. The average Bonchev–Trinajstić information content (AvgIpc) is 2.28. The summed E-state index contributed by atoms with van der Waals surface area (Å²) in [7, 11) is 0. The minimum Gasteiger partial charge on any atom is -0.387 e. The van der Waals surface area contributed by atoms with Gasteiger partial charge in [0.2, 0.25) is 0 Å². The maximum Gasteiger partial charge on any atom is 0.126 e. The van der Waals surface area contributed by atoms with Gasteiger partial charge in [0, 0.05) is 12.1 Å². The van der Waals surface area contributed by atoms with Crippen LogP contribution in [0.4, 0.5) is 4.39 Å². The van der Waals surface area contributed by atoms with Gasteiger partial charge in [-0.05, 0) is 30.0 Å². The number of hydrogen-bond donors (Lipinski definition) is 2. The Labute approximate surface area is 109 Å². The third kappa shape index (κ3) is 3.79. The molecular weight excluding hydrogens is 229 g/mol. The van der Waals surface area contributed by atoms with Crippen LogP contribution in [0.5, 0.6) is 0 Å². The lowest BCUT2D eigenvalue weighted by Crippen LogP contribution is -2.43. The van der Waals surface area contributed by atoms with Gasteiger partial charge in [-0.1, -0.05) is 39.8 Å². The molecule has 2 N–H and O–H groups in total. The number of aryl methyl sites for hydroxylation is 1. The summed E-state index contributed by atoms with van der Waals surface area (Å²) in [6, 6.07) is 5.06. The Morgan fingerprint density at radius 2 is 1.78 bits per heavy atom. The van der Waals surface area contributed by atoms with Gasteiger partial charge in [0.1, 0.15) is 5.82 Å². The van der Waals surface area contributed by atoms with E-state index in [2.05, 4.69) is 33.0 Å². The molecule has 2 atom stereocenters. The maximum atomic E-state index is 13.2. The SMILES string of the molecule is Cc1cc(C(O)C(NC(C)C)C(C)C)ccc1F. The summed E-state index contributed by atoms with van der Waals surface area (Å²) in [6.07, 6.45) is -0.619. The van der Waals surface area contributed by atoms with Crippen LogP contribution in [0.15, 0.2) is 18.2 Å². The van der Waals surface area contributed by atoms with Gasteiger partial charge in [0.15, 0.2) is 0 Å². The van der Waals surface area contributed by atoms with Crippen molar-refractivity contribution in [2.24, 2.45) is 5.92 Å². The molecule has 1 aromatic carbocycles. The zero-order chi connectivity index (χ0) is 13.9. The zero-order valence-corrected chi connectivity index (χ0v) is 11.9. The Morgan fingerprint density at radius 3 is 2.22 bits per heavy atom. The Balaban J connectivity index is 2.94. The summed E-state index contributed by atoms with van der Waals surface area (Å²) in [5, 5.41) is 13.8. The van der Waals surface area contributed by atoms with E-state index in [4.69, 9.17) is 0 Å². The lowest BCUT2D eigenvalue weighted by molar-refractivity contribution is 0.100. The van der Waals surface area contributed by atoms with E-state index >= 15 is 0 Å². The largest absolute Gasteiger partial charge is 0.387 e. The van der Waals surface area contributed by atoms with Crippen LogP contribution in [0.25, 0.3) is 0 Å². The molecule has 0 aliphatic rings. The highest BCUT2D eigenvalue weighted by atomic mass is 19.1. The Hall–Kier alpha value is -0.930. The quantitative estimate of drug-likeness (QED) is 0.844. The van der Waals surface area contributed by atoms with E-state index in [-0.39, 0.29) is 11.9 Å². The first-order chi connectivity index (χ1) is 8.32. The molecule has 0 amide bonds. The average molecular weight is 253 g/mol.